The van der Waals surface area contributed by atoms with E-state index in [1.54, 1.807) is 12.1 Å². The highest BCUT2D eigenvalue weighted by molar-refractivity contribution is 5.98. The van der Waals surface area contributed by atoms with Crippen LogP contribution in [0.2, 0.25) is 0 Å². The van der Waals surface area contributed by atoms with E-state index in [0.29, 0.717) is 31.2 Å². The van der Waals surface area contributed by atoms with Gasteiger partial charge in [0.2, 0.25) is 47.3 Å². The fourth-order valence-corrected chi connectivity index (χ4v) is 7.24. The van der Waals surface area contributed by atoms with Crippen molar-refractivity contribution in [3.63, 3.8) is 0 Å². The first kappa shape index (κ1) is 43.5. The lowest BCUT2D eigenvalue weighted by atomic mass is 10.00. The van der Waals surface area contributed by atoms with Crippen LogP contribution < -0.4 is 31.9 Å². The average molecular weight is 785 g/mol. The number of nitrogens with one attached hydrogen (secondary N) is 6. The van der Waals surface area contributed by atoms with E-state index in [1.165, 1.54) is 21.9 Å². The van der Waals surface area contributed by atoms with Crippen LogP contribution in [0.5, 0.6) is 5.75 Å². The molecule has 0 saturated carbocycles. The molecule has 18 heteroatoms. The Bertz CT molecular complexity index is 1620. The van der Waals surface area contributed by atoms with Crippen molar-refractivity contribution >= 4 is 47.3 Å². The summed E-state index contributed by atoms with van der Waals surface area (Å²) in [6.07, 6.45) is 2.02. The van der Waals surface area contributed by atoms with Gasteiger partial charge in [0, 0.05) is 19.5 Å². The summed E-state index contributed by atoms with van der Waals surface area (Å²) in [5, 5.41) is 34.9. The molecule has 3 fully saturated rings. The molecule has 0 aromatic heterocycles. The average Bonchev–Trinajstić information content (AvgIpc) is 3.85. The molecule has 0 bridgehead atoms. The lowest BCUT2D eigenvalue weighted by Crippen LogP contribution is -2.60. The molecule has 3 heterocycles. The Balaban J connectivity index is 1.66. The first-order valence-electron chi connectivity index (χ1n) is 19.3. The number of benzene rings is 1. The number of aromatic hydroxyl groups is 1. The molecule has 56 heavy (non-hydrogen) atoms. The highest BCUT2D eigenvalue weighted by Gasteiger charge is 2.44. The number of rotatable bonds is 7. The highest BCUT2D eigenvalue weighted by Crippen LogP contribution is 2.27. The van der Waals surface area contributed by atoms with Crippen LogP contribution in [0.15, 0.2) is 24.3 Å². The van der Waals surface area contributed by atoms with Crippen molar-refractivity contribution in [2.24, 2.45) is 11.8 Å². The number of hydrogen-bond donors (Lipinski definition) is 8. The largest absolute Gasteiger partial charge is 0.508 e. The zero-order chi connectivity index (χ0) is 41.1. The van der Waals surface area contributed by atoms with Crippen LogP contribution in [0.25, 0.3) is 0 Å². The SMILES string of the molecule is CC(C)C[C@@H]1NC(=O)[C@@H]2CCCN2C(=O)[C@@H]2CCCN2C(=O)[C@H](CC(C)C)NC(=O)[C@H](Cc2ccc(O)cc2)NC(=O)CNC(=O)CNC(=O)[C@H](CO)NC1=O. The van der Waals surface area contributed by atoms with Gasteiger partial charge in [-0.1, -0.05) is 39.8 Å². The van der Waals surface area contributed by atoms with Gasteiger partial charge >= 0.3 is 0 Å². The van der Waals surface area contributed by atoms with E-state index in [0.717, 1.165) is 0 Å². The molecule has 1 aromatic rings. The van der Waals surface area contributed by atoms with Crippen molar-refractivity contribution < 1.29 is 48.6 Å². The van der Waals surface area contributed by atoms with Crippen molar-refractivity contribution in [2.45, 2.75) is 109 Å². The van der Waals surface area contributed by atoms with E-state index in [4.69, 9.17) is 0 Å². The molecule has 4 rings (SSSR count). The molecular weight excluding hydrogens is 728 g/mol. The van der Waals surface area contributed by atoms with Gasteiger partial charge in [-0.2, -0.15) is 0 Å². The third-order valence-corrected chi connectivity index (χ3v) is 10.0. The normalized spacial score (nSPS) is 26.8. The van der Waals surface area contributed by atoms with Crippen molar-refractivity contribution in [2.75, 3.05) is 32.8 Å². The Hall–Kier alpha value is -5.26. The number of carbonyl (C=O) groups excluding carboxylic acids is 8. The minimum atomic E-state index is -1.48. The second-order valence-electron chi connectivity index (χ2n) is 15.5. The summed E-state index contributed by atoms with van der Waals surface area (Å²) in [6.45, 7) is 5.89. The molecule has 0 spiro atoms. The predicted octanol–water partition coefficient (Wildman–Crippen LogP) is -1.81. The maximum atomic E-state index is 14.3. The molecule has 3 aliphatic rings. The first-order chi connectivity index (χ1) is 26.6. The van der Waals surface area contributed by atoms with E-state index in [1.807, 2.05) is 27.7 Å². The van der Waals surface area contributed by atoms with Crippen molar-refractivity contribution in [3.8, 4) is 5.75 Å². The molecule has 0 unspecified atom stereocenters. The number of aliphatic hydroxyl groups is 1. The van der Waals surface area contributed by atoms with E-state index in [9.17, 15) is 48.6 Å². The van der Waals surface area contributed by atoms with E-state index in [2.05, 4.69) is 31.9 Å². The molecule has 8 amide bonds. The molecule has 308 valence electrons. The smallest absolute Gasteiger partial charge is 0.246 e. The maximum Gasteiger partial charge on any atom is 0.246 e. The van der Waals surface area contributed by atoms with Crippen molar-refractivity contribution in [1.82, 2.24) is 41.7 Å². The molecule has 6 atom stereocenters. The van der Waals surface area contributed by atoms with Crippen LogP contribution >= 0.6 is 0 Å². The van der Waals surface area contributed by atoms with Crippen LogP contribution in [-0.2, 0) is 44.8 Å². The first-order valence-corrected chi connectivity index (χ1v) is 19.3. The fourth-order valence-electron chi connectivity index (χ4n) is 7.24. The van der Waals surface area contributed by atoms with Gasteiger partial charge in [-0.3, -0.25) is 38.4 Å². The summed E-state index contributed by atoms with van der Waals surface area (Å²) in [7, 11) is 0. The van der Waals surface area contributed by atoms with E-state index >= 15 is 0 Å². The molecule has 0 radical (unpaired) electrons. The number of phenols is 1. The van der Waals surface area contributed by atoms with Gasteiger partial charge in [0.05, 0.1) is 19.7 Å². The van der Waals surface area contributed by atoms with Crippen molar-refractivity contribution in [1.29, 1.82) is 0 Å². The number of hydrogen-bond acceptors (Lipinski definition) is 10. The zero-order valence-electron chi connectivity index (χ0n) is 32.5. The number of amides is 8. The number of carbonyl (C=O) groups is 8. The second-order valence-corrected chi connectivity index (χ2v) is 15.5. The molecule has 1 aromatic carbocycles. The van der Waals surface area contributed by atoms with Gasteiger partial charge in [-0.25, -0.2) is 0 Å². The lowest BCUT2D eigenvalue weighted by Gasteiger charge is -2.34. The summed E-state index contributed by atoms with van der Waals surface area (Å²) in [5.41, 5.74) is 0.574. The quantitative estimate of drug-likeness (QED) is 0.154. The third kappa shape index (κ3) is 11.9. The molecule has 8 N–H and O–H groups in total. The Morgan fingerprint density at radius 1 is 0.607 bits per heavy atom. The lowest BCUT2D eigenvalue weighted by molar-refractivity contribution is -0.148. The van der Waals surface area contributed by atoms with Gasteiger partial charge < -0.3 is 51.9 Å². The minimum absolute atomic E-state index is 0.00745. The van der Waals surface area contributed by atoms with Gasteiger partial charge in [-0.15, -0.1) is 0 Å². The van der Waals surface area contributed by atoms with Gasteiger partial charge in [0.15, 0.2) is 0 Å². The number of nitrogens with zero attached hydrogens (tertiary/aromatic N) is 2. The maximum absolute atomic E-state index is 14.3. The Labute approximate surface area is 326 Å². The summed E-state index contributed by atoms with van der Waals surface area (Å²) in [5.74, 6) is -5.50. The molecule has 0 aliphatic carbocycles. The summed E-state index contributed by atoms with van der Waals surface area (Å²) in [4.78, 5) is 111. The zero-order valence-corrected chi connectivity index (χ0v) is 32.5. The molecule has 3 saturated heterocycles. The van der Waals surface area contributed by atoms with Crippen molar-refractivity contribution in [3.05, 3.63) is 29.8 Å². The summed E-state index contributed by atoms with van der Waals surface area (Å²) < 4.78 is 0. The van der Waals surface area contributed by atoms with E-state index in [-0.39, 0.29) is 49.9 Å². The summed E-state index contributed by atoms with van der Waals surface area (Å²) >= 11 is 0. The van der Waals surface area contributed by atoms with Crippen LogP contribution in [0, 0.1) is 11.8 Å². The predicted molar refractivity (Wildman–Crippen MR) is 201 cm³/mol. The number of phenolic OH excluding ortho intramolecular Hbond substituents is 1. The monoisotopic (exact) mass is 784 g/mol. The highest BCUT2D eigenvalue weighted by atomic mass is 16.3. The van der Waals surface area contributed by atoms with Crippen LogP contribution in [-0.4, -0.2) is 136 Å². The van der Waals surface area contributed by atoms with Crippen LogP contribution in [0.3, 0.4) is 0 Å². The Kier molecular flexibility index (Phi) is 15.6. The number of aliphatic hydroxyl groups excluding tert-OH is 1. The van der Waals surface area contributed by atoms with Gasteiger partial charge in [0.1, 0.15) is 42.0 Å². The minimum Gasteiger partial charge on any atom is -0.508 e. The summed E-state index contributed by atoms with van der Waals surface area (Å²) in [6, 6.07) is -0.760. The second kappa shape index (κ2) is 20.1. The number of fused-ring (bicyclic) bond motifs is 2. The third-order valence-electron chi connectivity index (χ3n) is 10.0. The molecule has 18 nitrogen and oxygen atoms in total. The van der Waals surface area contributed by atoms with Crippen LogP contribution in [0.4, 0.5) is 0 Å². The Morgan fingerprint density at radius 3 is 1.77 bits per heavy atom. The van der Waals surface area contributed by atoms with Gasteiger partial charge in [-0.05, 0) is 68.1 Å². The fraction of sp³-hybridized carbons (Fsp3) is 0.632. The standard InChI is InChI=1S/C38H56N8O10/c1-21(2)15-25-34(52)44-28(20-47)33(51)40-18-31(49)39-19-32(50)41-26(17-23-9-11-24(48)12-10-23)35(53)43-27(16-22(3)4)37(55)46-14-6-8-30(46)38(56)45-13-5-7-29(45)36(54)42-25/h9-12,21-22,25-30,47-48H,5-8,13-20H2,1-4H3,(H,39,49)(H,40,51)(H,41,50)(H,42,54)(H,43,53)(H,44,52)/t25-,26-,27-,28-,29-,30-/m0/s1. The molecular formula is C38H56N8O10. The topological polar surface area (TPSA) is 256 Å². The Morgan fingerprint density at radius 2 is 1.14 bits per heavy atom. The molecule has 3 aliphatic heterocycles. The van der Waals surface area contributed by atoms with E-state index < -0.39 is 103 Å². The van der Waals surface area contributed by atoms with Crippen LogP contribution in [0.1, 0.15) is 71.8 Å². The van der Waals surface area contributed by atoms with Gasteiger partial charge in [0.25, 0.3) is 0 Å².